The van der Waals surface area contributed by atoms with Gasteiger partial charge in [0.2, 0.25) is 0 Å². The van der Waals surface area contributed by atoms with Crippen molar-refractivity contribution in [1.29, 1.82) is 0 Å². The molecule has 2 N–H and O–H groups in total. The van der Waals surface area contributed by atoms with Gasteiger partial charge in [0.1, 0.15) is 22.7 Å². The predicted molar refractivity (Wildman–Crippen MR) is 173 cm³/mol. The molecule has 0 spiro atoms. The van der Waals surface area contributed by atoms with Gasteiger partial charge in [0.15, 0.2) is 11.5 Å². The zero-order valence-electron chi connectivity index (χ0n) is 25.2. The van der Waals surface area contributed by atoms with Crippen molar-refractivity contribution >= 4 is 40.3 Å². The van der Waals surface area contributed by atoms with Crippen molar-refractivity contribution in [2.75, 3.05) is 57.6 Å². The third kappa shape index (κ3) is 7.61. The number of hydrogen-bond donors (Lipinski definition) is 2. The average molecular weight is 648 g/mol. The van der Waals surface area contributed by atoms with Crippen LogP contribution in [0.4, 0.5) is 14.9 Å². The van der Waals surface area contributed by atoms with Gasteiger partial charge in [-0.15, -0.1) is 11.8 Å². The van der Waals surface area contributed by atoms with Crippen LogP contribution in [0.2, 0.25) is 0 Å². The molecule has 4 aromatic rings. The van der Waals surface area contributed by atoms with E-state index in [1.54, 1.807) is 19.4 Å². The molecule has 2 fully saturated rings. The molecule has 2 aliphatic heterocycles. The number of methoxy groups -OCH3 is 1. The number of morpholine rings is 1. The fourth-order valence-corrected chi connectivity index (χ4v) is 6.31. The summed E-state index contributed by atoms with van der Waals surface area (Å²) in [7, 11) is 1.60. The summed E-state index contributed by atoms with van der Waals surface area (Å²) in [5.74, 6) is 1.96. The van der Waals surface area contributed by atoms with E-state index >= 15 is 0 Å². The number of nitrogens with zero attached hydrogens (tertiary/aromatic N) is 3. The van der Waals surface area contributed by atoms with Crippen molar-refractivity contribution in [3.05, 3.63) is 84.3 Å². The number of rotatable bonds is 11. The number of hydrazine groups is 1. The SMILES string of the molecule is COc1cc2c(Oc3ccc(C4SCC(=O)N4NC(=O)Nc4ccc(F)cc4)cc3)ccnc2cc1OCCCN1CCOCC1. The molecule has 0 radical (unpaired) electrons. The summed E-state index contributed by atoms with van der Waals surface area (Å²) in [4.78, 5) is 32.1. The lowest BCUT2D eigenvalue weighted by Crippen LogP contribution is -2.46. The Morgan fingerprint density at radius 2 is 1.83 bits per heavy atom. The van der Waals surface area contributed by atoms with Crippen LogP contribution in [0.5, 0.6) is 23.0 Å². The van der Waals surface area contributed by atoms with Gasteiger partial charge >= 0.3 is 6.03 Å². The molecule has 0 saturated carbocycles. The molecule has 1 atom stereocenters. The van der Waals surface area contributed by atoms with Crippen molar-refractivity contribution in [2.45, 2.75) is 11.8 Å². The minimum absolute atomic E-state index is 0.212. The lowest BCUT2D eigenvalue weighted by Gasteiger charge is -2.26. The summed E-state index contributed by atoms with van der Waals surface area (Å²) in [5.41, 5.74) is 4.53. The van der Waals surface area contributed by atoms with Gasteiger partial charge in [-0.05, 0) is 60.5 Å². The number of pyridine rings is 1. The number of carbonyl (C=O) groups excluding carboxylic acids is 2. The van der Waals surface area contributed by atoms with Crippen LogP contribution in [0, 0.1) is 5.82 Å². The number of fused-ring (bicyclic) bond motifs is 1. The monoisotopic (exact) mass is 647 g/mol. The number of benzene rings is 3. The number of ether oxygens (including phenoxy) is 4. The maximum Gasteiger partial charge on any atom is 0.338 e. The van der Waals surface area contributed by atoms with Crippen molar-refractivity contribution in [2.24, 2.45) is 0 Å². The number of amides is 3. The van der Waals surface area contributed by atoms with Gasteiger partial charge < -0.3 is 24.3 Å². The molecular weight excluding hydrogens is 613 g/mol. The number of urea groups is 1. The summed E-state index contributed by atoms with van der Waals surface area (Å²) in [6.45, 7) is 4.95. The van der Waals surface area contributed by atoms with E-state index in [2.05, 4.69) is 20.6 Å². The summed E-state index contributed by atoms with van der Waals surface area (Å²) in [6.07, 6.45) is 2.57. The molecule has 3 amide bonds. The van der Waals surface area contributed by atoms with E-state index in [0.717, 1.165) is 50.2 Å². The van der Waals surface area contributed by atoms with Crippen LogP contribution in [0.3, 0.4) is 0 Å². The first-order valence-corrected chi connectivity index (χ1v) is 16.0. The van der Waals surface area contributed by atoms with Gasteiger partial charge in [-0.2, -0.15) is 0 Å². The molecule has 6 rings (SSSR count). The first-order valence-electron chi connectivity index (χ1n) is 14.9. The van der Waals surface area contributed by atoms with Crippen molar-refractivity contribution < 1.29 is 32.9 Å². The third-order valence-corrected chi connectivity index (χ3v) is 8.76. The number of thioether (sulfide) groups is 1. The number of aromatic nitrogens is 1. The number of halogens is 1. The second kappa shape index (κ2) is 14.7. The van der Waals surface area contributed by atoms with Gasteiger partial charge in [0.25, 0.3) is 5.91 Å². The highest BCUT2D eigenvalue weighted by Gasteiger charge is 2.34. The molecular formula is C33H34FN5O6S. The van der Waals surface area contributed by atoms with Crippen LogP contribution in [-0.4, -0.2) is 79.1 Å². The minimum Gasteiger partial charge on any atom is -0.493 e. The van der Waals surface area contributed by atoms with E-state index in [-0.39, 0.29) is 11.7 Å². The Hall–Kier alpha value is -4.59. The Bertz CT molecular complexity index is 1670. The van der Waals surface area contributed by atoms with Crippen LogP contribution >= 0.6 is 11.8 Å². The number of carbonyl (C=O) groups is 2. The van der Waals surface area contributed by atoms with Gasteiger partial charge in [-0.1, -0.05) is 12.1 Å². The van der Waals surface area contributed by atoms with E-state index < -0.39 is 17.2 Å². The van der Waals surface area contributed by atoms with Gasteiger partial charge in [0, 0.05) is 43.0 Å². The number of nitrogens with one attached hydrogen (secondary N) is 2. The summed E-state index contributed by atoms with van der Waals surface area (Å²) >= 11 is 1.40. The van der Waals surface area contributed by atoms with E-state index in [9.17, 15) is 14.0 Å². The maximum absolute atomic E-state index is 13.2. The zero-order valence-corrected chi connectivity index (χ0v) is 26.1. The van der Waals surface area contributed by atoms with E-state index in [1.807, 2.05) is 36.4 Å². The molecule has 13 heteroatoms. The smallest absolute Gasteiger partial charge is 0.338 e. The fraction of sp³-hybridized carbons (Fsp3) is 0.303. The van der Waals surface area contributed by atoms with Crippen LogP contribution < -0.4 is 25.0 Å². The second-order valence-electron chi connectivity index (χ2n) is 10.7. The van der Waals surface area contributed by atoms with Gasteiger partial charge in [0.05, 0.1) is 38.2 Å². The maximum atomic E-state index is 13.2. The Balaban J connectivity index is 1.10. The van der Waals surface area contributed by atoms with E-state index in [0.29, 0.717) is 40.8 Å². The van der Waals surface area contributed by atoms with Crippen LogP contribution in [0.15, 0.2) is 72.9 Å². The highest BCUT2D eigenvalue weighted by atomic mass is 32.2. The molecule has 0 aliphatic carbocycles. The second-order valence-corrected chi connectivity index (χ2v) is 11.7. The molecule has 1 aromatic heterocycles. The highest BCUT2D eigenvalue weighted by molar-refractivity contribution is 8.00. The lowest BCUT2D eigenvalue weighted by molar-refractivity contribution is -0.130. The van der Waals surface area contributed by atoms with Gasteiger partial charge in [-0.3, -0.25) is 14.7 Å². The predicted octanol–water partition coefficient (Wildman–Crippen LogP) is 5.59. The molecule has 46 heavy (non-hydrogen) atoms. The topological polar surface area (TPSA) is 114 Å². The summed E-state index contributed by atoms with van der Waals surface area (Å²) in [6, 6.07) is 17.6. The zero-order chi connectivity index (χ0) is 31.9. The fourth-order valence-electron chi connectivity index (χ4n) is 5.21. The molecule has 11 nitrogen and oxygen atoms in total. The number of anilines is 1. The normalized spacial score (nSPS) is 16.8. The van der Waals surface area contributed by atoms with Crippen molar-refractivity contribution in [3.63, 3.8) is 0 Å². The van der Waals surface area contributed by atoms with Crippen LogP contribution in [0.1, 0.15) is 17.4 Å². The Morgan fingerprint density at radius 3 is 2.59 bits per heavy atom. The van der Waals surface area contributed by atoms with E-state index in [4.69, 9.17) is 18.9 Å². The number of hydrogen-bond acceptors (Lipinski definition) is 9. The molecule has 3 heterocycles. The van der Waals surface area contributed by atoms with Crippen LogP contribution in [-0.2, 0) is 9.53 Å². The Morgan fingerprint density at radius 1 is 1.04 bits per heavy atom. The molecule has 1 unspecified atom stereocenters. The molecule has 3 aromatic carbocycles. The Kier molecular flexibility index (Phi) is 10.0. The lowest BCUT2D eigenvalue weighted by atomic mass is 10.1. The summed E-state index contributed by atoms with van der Waals surface area (Å²) < 4.78 is 36.6. The highest BCUT2D eigenvalue weighted by Crippen LogP contribution is 2.40. The van der Waals surface area contributed by atoms with Gasteiger partial charge in [-0.25, -0.2) is 19.6 Å². The minimum atomic E-state index is -0.603. The molecule has 2 aliphatic rings. The quantitative estimate of drug-likeness (QED) is 0.201. The summed E-state index contributed by atoms with van der Waals surface area (Å²) in [5, 5.41) is 4.24. The first kappa shape index (κ1) is 31.4. The molecule has 2 saturated heterocycles. The van der Waals surface area contributed by atoms with Crippen molar-refractivity contribution in [3.8, 4) is 23.0 Å². The van der Waals surface area contributed by atoms with E-state index in [1.165, 1.54) is 41.0 Å². The largest absolute Gasteiger partial charge is 0.493 e. The third-order valence-electron chi connectivity index (χ3n) is 7.55. The Labute approximate surface area is 269 Å². The average Bonchev–Trinajstić information content (AvgIpc) is 3.43. The standard InChI is InChI=1S/C33H34FN5O6S/c1-42-29-19-26-27(20-30(29)44-16-2-13-38-14-17-43-18-15-38)35-12-11-28(26)45-25-9-3-22(4-10-25)32-39(31(40)21-46-32)37-33(41)36-24-7-5-23(34)6-8-24/h3-12,19-20,32H,2,13-18,21H2,1H3,(H2,36,37,41). The molecule has 240 valence electrons. The molecule has 0 bridgehead atoms. The first-order chi connectivity index (χ1) is 22.5. The van der Waals surface area contributed by atoms with Crippen LogP contribution in [0.25, 0.3) is 10.9 Å². The van der Waals surface area contributed by atoms with Crippen molar-refractivity contribution in [1.82, 2.24) is 20.3 Å².